The first-order valence-corrected chi connectivity index (χ1v) is 8.57. The predicted molar refractivity (Wildman–Crippen MR) is 94.7 cm³/mol. The van der Waals surface area contributed by atoms with Gasteiger partial charge in [0, 0.05) is 10.9 Å². The molecule has 4 aromatic rings. The zero-order valence-electron chi connectivity index (χ0n) is 12.9. The van der Waals surface area contributed by atoms with Crippen LogP contribution >= 0.6 is 22.9 Å². The number of halogens is 2. The Morgan fingerprint density at radius 3 is 2.92 bits per heavy atom. The molecule has 0 bridgehead atoms. The molecule has 6 nitrogen and oxygen atoms in total. The summed E-state index contributed by atoms with van der Waals surface area (Å²) in [6.45, 7) is 0. The van der Waals surface area contributed by atoms with Gasteiger partial charge in [-0.05, 0) is 30.3 Å². The number of carbonyl (C=O) groups is 1. The third-order valence-electron chi connectivity index (χ3n) is 3.47. The molecule has 0 aliphatic carbocycles. The zero-order valence-corrected chi connectivity index (χ0v) is 14.5. The highest BCUT2D eigenvalue weighted by atomic mass is 35.5. The Balaban J connectivity index is 1.55. The fourth-order valence-electron chi connectivity index (χ4n) is 2.27. The van der Waals surface area contributed by atoms with Crippen LogP contribution in [0.5, 0.6) is 0 Å². The molecule has 0 radical (unpaired) electrons. The molecular formula is C17H9ClFN3O3S. The molecule has 1 aromatic carbocycles. The van der Waals surface area contributed by atoms with Gasteiger partial charge < -0.3 is 8.83 Å². The van der Waals surface area contributed by atoms with Crippen LogP contribution in [0.3, 0.4) is 0 Å². The molecule has 1 amide bonds. The maximum atomic E-state index is 13.3. The molecular weight excluding hydrogens is 381 g/mol. The maximum absolute atomic E-state index is 13.3. The minimum atomic E-state index is -0.504. The molecule has 0 atom stereocenters. The number of rotatable bonds is 4. The molecule has 0 unspecified atom stereocenters. The highest BCUT2D eigenvalue weighted by molar-refractivity contribution is 7.14. The van der Waals surface area contributed by atoms with Crippen molar-refractivity contribution in [3.63, 3.8) is 0 Å². The smallest absolute Gasteiger partial charge is 0.280 e. The largest absolute Gasteiger partial charge is 0.461 e. The third kappa shape index (κ3) is 3.12. The van der Waals surface area contributed by atoms with Crippen LogP contribution in [-0.4, -0.2) is 15.9 Å². The summed E-state index contributed by atoms with van der Waals surface area (Å²) in [5.74, 6) is -0.359. The van der Waals surface area contributed by atoms with Gasteiger partial charge in [-0.3, -0.25) is 10.1 Å². The first-order chi connectivity index (χ1) is 12.6. The van der Waals surface area contributed by atoms with Crippen molar-refractivity contribution >= 4 is 34.0 Å². The summed E-state index contributed by atoms with van der Waals surface area (Å²) in [4.78, 5) is 20.7. The second-order valence-corrected chi connectivity index (χ2v) is 6.39. The summed E-state index contributed by atoms with van der Waals surface area (Å²) >= 11 is 7.01. The molecule has 0 saturated carbocycles. The van der Waals surface area contributed by atoms with Gasteiger partial charge >= 0.3 is 0 Å². The van der Waals surface area contributed by atoms with Crippen molar-refractivity contribution in [2.75, 3.05) is 5.32 Å². The van der Waals surface area contributed by atoms with E-state index in [1.54, 1.807) is 23.6 Å². The SMILES string of the molecule is O=C(Nc1nc(-c2ccc(F)c(Cl)c2)cs1)c1ncoc1-c1ccco1. The van der Waals surface area contributed by atoms with Gasteiger partial charge in [-0.2, -0.15) is 0 Å². The lowest BCUT2D eigenvalue weighted by molar-refractivity contribution is 0.102. The minimum Gasteiger partial charge on any atom is -0.461 e. The van der Waals surface area contributed by atoms with Crippen LogP contribution < -0.4 is 5.32 Å². The first kappa shape index (κ1) is 16.5. The predicted octanol–water partition coefficient (Wildman–Crippen LogP) is 5.10. The van der Waals surface area contributed by atoms with Crippen LogP contribution in [0.25, 0.3) is 22.8 Å². The fraction of sp³-hybridized carbons (Fsp3) is 0. The van der Waals surface area contributed by atoms with E-state index in [9.17, 15) is 9.18 Å². The van der Waals surface area contributed by atoms with E-state index in [0.29, 0.717) is 22.1 Å². The van der Waals surface area contributed by atoms with Crippen molar-refractivity contribution in [1.29, 1.82) is 0 Å². The molecule has 4 rings (SSSR count). The molecule has 0 fully saturated rings. The highest BCUT2D eigenvalue weighted by Crippen LogP contribution is 2.29. The number of oxazole rings is 1. The lowest BCUT2D eigenvalue weighted by Crippen LogP contribution is -2.13. The fourth-order valence-corrected chi connectivity index (χ4v) is 3.16. The van der Waals surface area contributed by atoms with E-state index in [4.69, 9.17) is 20.4 Å². The average Bonchev–Trinajstić information content (AvgIpc) is 3.38. The van der Waals surface area contributed by atoms with Crippen LogP contribution in [0.2, 0.25) is 5.02 Å². The van der Waals surface area contributed by atoms with Gasteiger partial charge in [0.25, 0.3) is 5.91 Å². The normalized spacial score (nSPS) is 10.8. The summed E-state index contributed by atoms with van der Waals surface area (Å²) in [5, 5.41) is 4.76. The van der Waals surface area contributed by atoms with Crippen molar-refractivity contribution < 1.29 is 18.0 Å². The van der Waals surface area contributed by atoms with Gasteiger partial charge in [0.2, 0.25) is 5.76 Å². The van der Waals surface area contributed by atoms with Crippen LogP contribution in [-0.2, 0) is 0 Å². The zero-order chi connectivity index (χ0) is 18.1. The van der Waals surface area contributed by atoms with Crippen molar-refractivity contribution in [2.45, 2.75) is 0 Å². The van der Waals surface area contributed by atoms with E-state index in [1.807, 2.05) is 0 Å². The van der Waals surface area contributed by atoms with Gasteiger partial charge in [0.05, 0.1) is 17.0 Å². The third-order valence-corrected chi connectivity index (χ3v) is 4.51. The lowest BCUT2D eigenvalue weighted by atomic mass is 10.2. The van der Waals surface area contributed by atoms with Crippen LogP contribution in [0.1, 0.15) is 10.5 Å². The number of benzene rings is 1. The van der Waals surface area contributed by atoms with Crippen molar-refractivity contribution in [3.05, 3.63) is 64.9 Å². The number of furan rings is 1. The average molecular weight is 390 g/mol. The molecule has 130 valence electrons. The number of nitrogens with one attached hydrogen (secondary N) is 1. The van der Waals surface area contributed by atoms with Crippen molar-refractivity contribution in [2.24, 2.45) is 0 Å². The molecule has 3 heterocycles. The van der Waals surface area contributed by atoms with Crippen LogP contribution in [0.15, 0.2) is 57.2 Å². The molecule has 0 aliphatic rings. The van der Waals surface area contributed by atoms with E-state index >= 15 is 0 Å². The summed E-state index contributed by atoms with van der Waals surface area (Å²) < 4.78 is 23.7. The van der Waals surface area contributed by atoms with Gasteiger partial charge in [-0.25, -0.2) is 14.4 Å². The number of carbonyl (C=O) groups excluding carboxylic acids is 1. The summed E-state index contributed by atoms with van der Waals surface area (Å²) in [6, 6.07) is 7.65. The topological polar surface area (TPSA) is 81.2 Å². The van der Waals surface area contributed by atoms with Gasteiger partial charge in [0.1, 0.15) is 5.82 Å². The van der Waals surface area contributed by atoms with E-state index in [1.165, 1.54) is 36.1 Å². The Morgan fingerprint density at radius 2 is 2.15 bits per heavy atom. The number of thiazole rings is 1. The second kappa shape index (κ2) is 6.74. The quantitative estimate of drug-likeness (QED) is 0.525. The molecule has 0 saturated heterocycles. The van der Waals surface area contributed by atoms with Crippen LogP contribution in [0, 0.1) is 5.82 Å². The van der Waals surface area contributed by atoms with Gasteiger partial charge in [-0.1, -0.05) is 11.6 Å². The van der Waals surface area contributed by atoms with E-state index < -0.39 is 11.7 Å². The first-order valence-electron chi connectivity index (χ1n) is 7.31. The van der Waals surface area contributed by atoms with Gasteiger partial charge in [-0.15, -0.1) is 11.3 Å². The Labute approximate surface area is 155 Å². The number of aromatic nitrogens is 2. The summed E-state index contributed by atoms with van der Waals surface area (Å²) in [6.07, 6.45) is 2.64. The second-order valence-electron chi connectivity index (χ2n) is 5.13. The monoisotopic (exact) mass is 389 g/mol. The van der Waals surface area contributed by atoms with Gasteiger partial charge in [0.15, 0.2) is 23.0 Å². The summed E-state index contributed by atoms with van der Waals surface area (Å²) in [5.41, 5.74) is 1.30. The molecule has 0 aliphatic heterocycles. The minimum absolute atomic E-state index is 0.00627. The molecule has 9 heteroatoms. The summed E-state index contributed by atoms with van der Waals surface area (Å²) in [7, 11) is 0. The van der Waals surface area contributed by atoms with E-state index in [0.717, 1.165) is 0 Å². The molecule has 3 aromatic heterocycles. The number of nitrogens with zero attached hydrogens (tertiary/aromatic N) is 2. The van der Waals surface area contributed by atoms with E-state index in [2.05, 4.69) is 15.3 Å². The molecule has 26 heavy (non-hydrogen) atoms. The Morgan fingerprint density at radius 1 is 1.27 bits per heavy atom. The standard InChI is InChI=1S/C17H9ClFN3O3S/c18-10-6-9(3-4-11(10)19)12-7-26-17(21-12)22-16(23)14-15(25-8-20-14)13-2-1-5-24-13/h1-8H,(H,21,22,23). The Hall–Kier alpha value is -2.97. The Kier molecular flexibility index (Phi) is 4.27. The van der Waals surface area contributed by atoms with Crippen molar-refractivity contribution in [3.8, 4) is 22.8 Å². The highest BCUT2D eigenvalue weighted by Gasteiger charge is 2.21. The Bertz CT molecular complexity index is 1070. The molecule has 1 N–H and O–H groups in total. The number of hydrogen-bond acceptors (Lipinski definition) is 6. The van der Waals surface area contributed by atoms with Crippen LogP contribution in [0.4, 0.5) is 9.52 Å². The van der Waals surface area contributed by atoms with E-state index in [-0.39, 0.29) is 16.5 Å². The number of hydrogen-bond donors (Lipinski definition) is 1. The maximum Gasteiger partial charge on any atom is 0.280 e. The lowest BCUT2D eigenvalue weighted by Gasteiger charge is -2.00. The number of anilines is 1. The molecule has 0 spiro atoms. The number of amides is 1. The van der Waals surface area contributed by atoms with Crippen molar-refractivity contribution in [1.82, 2.24) is 9.97 Å².